The molecule has 0 saturated heterocycles. The maximum atomic E-state index is 11.6. The molecule has 18 heavy (non-hydrogen) atoms. The number of carbonyl (C=O) groups is 3. The molecule has 0 bridgehead atoms. The molecule has 0 aromatic carbocycles. The summed E-state index contributed by atoms with van der Waals surface area (Å²) in [6.07, 6.45) is 0.440. The molecule has 0 saturated carbocycles. The van der Waals surface area contributed by atoms with Gasteiger partial charge in [-0.2, -0.15) is 0 Å². The van der Waals surface area contributed by atoms with Gasteiger partial charge in [0.25, 0.3) is 0 Å². The van der Waals surface area contributed by atoms with Crippen LogP contribution in [0.1, 0.15) is 20.3 Å². The van der Waals surface area contributed by atoms with Crippen LogP contribution in [0.5, 0.6) is 0 Å². The zero-order valence-electron chi connectivity index (χ0n) is 11.0. The van der Waals surface area contributed by atoms with Crippen LogP contribution in [0, 0.1) is 5.92 Å². The zero-order chi connectivity index (χ0) is 14.1. The molecule has 1 atom stereocenters. The molecule has 3 N–H and O–H groups in total. The van der Waals surface area contributed by atoms with E-state index in [2.05, 4.69) is 10.6 Å². The van der Waals surface area contributed by atoms with Crippen molar-refractivity contribution in [3.05, 3.63) is 0 Å². The van der Waals surface area contributed by atoms with E-state index >= 15 is 0 Å². The second-order valence-electron chi connectivity index (χ2n) is 3.94. The van der Waals surface area contributed by atoms with Gasteiger partial charge in [0.05, 0.1) is 5.92 Å². The molecular formula is C11H21N3O4. The first-order valence-corrected chi connectivity index (χ1v) is 5.90. The number of carbonyl (C=O) groups excluding carboxylic acids is 2. The smallest absolute Gasteiger partial charge is 0.317 e. The van der Waals surface area contributed by atoms with Crippen LogP contribution in [-0.4, -0.2) is 54.6 Å². The van der Waals surface area contributed by atoms with Gasteiger partial charge in [-0.3, -0.25) is 9.59 Å². The number of hydrogen-bond donors (Lipinski definition) is 3. The highest BCUT2D eigenvalue weighted by atomic mass is 16.4. The molecule has 1 unspecified atom stereocenters. The summed E-state index contributed by atoms with van der Waals surface area (Å²) >= 11 is 0. The maximum Gasteiger partial charge on any atom is 0.317 e. The van der Waals surface area contributed by atoms with E-state index in [1.807, 2.05) is 0 Å². The van der Waals surface area contributed by atoms with Crippen LogP contribution < -0.4 is 10.6 Å². The molecule has 0 aliphatic carbocycles. The van der Waals surface area contributed by atoms with Crippen LogP contribution in [0.3, 0.4) is 0 Å². The molecule has 0 aromatic rings. The number of urea groups is 1. The predicted octanol–water partition coefficient (Wildman–Crippen LogP) is -0.125. The van der Waals surface area contributed by atoms with E-state index in [1.54, 1.807) is 13.8 Å². The Kier molecular flexibility index (Phi) is 7.50. The number of carboxylic acids is 1. The van der Waals surface area contributed by atoms with Crippen molar-refractivity contribution in [2.75, 3.05) is 26.7 Å². The van der Waals surface area contributed by atoms with Gasteiger partial charge in [-0.25, -0.2) is 4.79 Å². The van der Waals surface area contributed by atoms with Crippen molar-refractivity contribution in [1.82, 2.24) is 15.5 Å². The first kappa shape index (κ1) is 16.2. The van der Waals surface area contributed by atoms with Crippen LogP contribution in [-0.2, 0) is 9.59 Å². The van der Waals surface area contributed by atoms with Crippen molar-refractivity contribution in [2.24, 2.45) is 5.92 Å². The zero-order valence-corrected chi connectivity index (χ0v) is 11.0. The summed E-state index contributed by atoms with van der Waals surface area (Å²) in [4.78, 5) is 34.8. The minimum Gasteiger partial charge on any atom is -0.481 e. The molecule has 0 radical (unpaired) electrons. The SMILES string of the molecule is CCNC(=O)CN(C)C(=O)NCC(CC)C(=O)O. The Morgan fingerprint density at radius 1 is 1.22 bits per heavy atom. The quantitative estimate of drug-likeness (QED) is 0.593. The fourth-order valence-electron chi connectivity index (χ4n) is 1.29. The molecular weight excluding hydrogens is 238 g/mol. The third-order valence-corrected chi connectivity index (χ3v) is 2.44. The monoisotopic (exact) mass is 259 g/mol. The van der Waals surface area contributed by atoms with Gasteiger partial charge in [0.2, 0.25) is 5.91 Å². The Morgan fingerprint density at radius 3 is 2.28 bits per heavy atom. The van der Waals surface area contributed by atoms with Crippen molar-refractivity contribution >= 4 is 17.9 Å². The second kappa shape index (κ2) is 8.32. The topological polar surface area (TPSA) is 98.7 Å². The Morgan fingerprint density at radius 2 is 1.83 bits per heavy atom. The van der Waals surface area contributed by atoms with E-state index in [0.717, 1.165) is 0 Å². The lowest BCUT2D eigenvalue weighted by atomic mass is 10.1. The highest BCUT2D eigenvalue weighted by molar-refractivity contribution is 5.84. The minimum absolute atomic E-state index is 0.0520. The highest BCUT2D eigenvalue weighted by Gasteiger charge is 2.18. The van der Waals surface area contributed by atoms with E-state index in [4.69, 9.17) is 5.11 Å². The van der Waals surface area contributed by atoms with Crippen molar-refractivity contribution in [2.45, 2.75) is 20.3 Å². The second-order valence-corrected chi connectivity index (χ2v) is 3.94. The molecule has 104 valence electrons. The fraction of sp³-hybridized carbons (Fsp3) is 0.727. The average molecular weight is 259 g/mol. The summed E-state index contributed by atoms with van der Waals surface area (Å²) < 4.78 is 0. The first-order valence-electron chi connectivity index (χ1n) is 5.90. The number of nitrogens with one attached hydrogen (secondary N) is 2. The largest absolute Gasteiger partial charge is 0.481 e. The third kappa shape index (κ3) is 6.07. The van der Waals surface area contributed by atoms with Gasteiger partial charge in [0.1, 0.15) is 6.54 Å². The Balaban J connectivity index is 4.08. The Hall–Kier alpha value is -1.79. The van der Waals surface area contributed by atoms with E-state index in [9.17, 15) is 14.4 Å². The normalized spacial score (nSPS) is 11.5. The number of aliphatic carboxylic acids is 1. The van der Waals surface area contributed by atoms with Gasteiger partial charge in [-0.1, -0.05) is 6.92 Å². The molecule has 0 aliphatic rings. The average Bonchev–Trinajstić information content (AvgIpc) is 2.29. The lowest BCUT2D eigenvalue weighted by Gasteiger charge is -2.18. The molecule has 0 aromatic heterocycles. The lowest BCUT2D eigenvalue weighted by molar-refractivity contribution is -0.141. The number of hydrogen-bond acceptors (Lipinski definition) is 3. The van der Waals surface area contributed by atoms with Gasteiger partial charge in [0.15, 0.2) is 0 Å². The summed E-state index contributed by atoms with van der Waals surface area (Å²) in [6, 6.07) is -0.457. The van der Waals surface area contributed by atoms with Crippen LogP contribution in [0.2, 0.25) is 0 Å². The molecule has 0 fully saturated rings. The molecule has 7 heteroatoms. The fourth-order valence-corrected chi connectivity index (χ4v) is 1.29. The van der Waals surface area contributed by atoms with Crippen LogP contribution in [0.4, 0.5) is 4.79 Å². The van der Waals surface area contributed by atoms with Crippen molar-refractivity contribution in [3.63, 3.8) is 0 Å². The molecule has 7 nitrogen and oxygen atoms in total. The number of rotatable bonds is 7. The summed E-state index contributed by atoms with van der Waals surface area (Å²) in [7, 11) is 1.48. The molecule has 3 amide bonds. The number of nitrogens with zero attached hydrogens (tertiary/aromatic N) is 1. The summed E-state index contributed by atoms with van der Waals surface area (Å²) in [5.41, 5.74) is 0. The van der Waals surface area contributed by atoms with E-state index < -0.39 is 17.9 Å². The minimum atomic E-state index is -0.941. The van der Waals surface area contributed by atoms with Crippen molar-refractivity contribution in [1.29, 1.82) is 0 Å². The van der Waals surface area contributed by atoms with Gasteiger partial charge >= 0.3 is 12.0 Å². The van der Waals surface area contributed by atoms with E-state index in [1.165, 1.54) is 11.9 Å². The van der Waals surface area contributed by atoms with E-state index in [0.29, 0.717) is 13.0 Å². The number of carboxylic acid groups (broad SMARTS) is 1. The summed E-state index contributed by atoms with van der Waals surface area (Å²) in [5, 5.41) is 13.9. The molecule has 0 spiro atoms. The van der Waals surface area contributed by atoms with Gasteiger partial charge in [-0.05, 0) is 13.3 Å². The van der Waals surface area contributed by atoms with Crippen LogP contribution >= 0.6 is 0 Å². The number of amides is 3. The van der Waals surface area contributed by atoms with Crippen molar-refractivity contribution in [3.8, 4) is 0 Å². The number of likely N-dealkylation sites (N-methyl/N-ethyl adjacent to an activating group) is 2. The third-order valence-electron chi connectivity index (χ3n) is 2.44. The Bertz CT molecular complexity index is 307. The predicted molar refractivity (Wildman–Crippen MR) is 66.1 cm³/mol. The van der Waals surface area contributed by atoms with Crippen LogP contribution in [0.15, 0.2) is 0 Å². The maximum absolute atomic E-state index is 11.6. The van der Waals surface area contributed by atoms with Crippen molar-refractivity contribution < 1.29 is 19.5 Å². The molecule has 0 rings (SSSR count). The summed E-state index contributed by atoms with van der Waals surface area (Å²) in [5.74, 6) is -1.79. The van der Waals surface area contributed by atoms with Gasteiger partial charge < -0.3 is 20.6 Å². The molecule has 0 heterocycles. The molecule has 0 aliphatic heterocycles. The van der Waals surface area contributed by atoms with Crippen LogP contribution in [0.25, 0.3) is 0 Å². The van der Waals surface area contributed by atoms with Gasteiger partial charge in [0, 0.05) is 20.1 Å². The first-order chi connectivity index (χ1) is 8.42. The Labute approximate surface area is 107 Å². The lowest BCUT2D eigenvalue weighted by Crippen LogP contribution is -2.45. The summed E-state index contributed by atoms with van der Waals surface area (Å²) in [6.45, 7) is 4.04. The van der Waals surface area contributed by atoms with Gasteiger partial charge in [-0.15, -0.1) is 0 Å². The van der Waals surface area contributed by atoms with E-state index in [-0.39, 0.29) is 19.0 Å². The standard InChI is InChI=1S/C11H21N3O4/c1-4-8(10(16)17)6-13-11(18)14(3)7-9(15)12-5-2/h8H,4-7H2,1-3H3,(H,12,15)(H,13,18)(H,16,17). The highest BCUT2D eigenvalue weighted by Crippen LogP contribution is 2.00.